The first-order valence-electron chi connectivity index (χ1n) is 4.21. The lowest BCUT2D eigenvalue weighted by atomic mass is 10.1. The van der Waals surface area contributed by atoms with Crippen LogP contribution in [0, 0.1) is 0 Å². The van der Waals surface area contributed by atoms with Gasteiger partial charge in [-0.1, -0.05) is 24.3 Å². The predicted octanol–water partition coefficient (Wildman–Crippen LogP) is 2.10. The summed E-state index contributed by atoms with van der Waals surface area (Å²) in [6, 6.07) is 7.57. The van der Waals surface area contributed by atoms with Crippen molar-refractivity contribution < 1.29 is 9.90 Å². The quantitative estimate of drug-likeness (QED) is 0.483. The van der Waals surface area contributed by atoms with Crippen LogP contribution in [0.5, 0.6) is 0 Å². The van der Waals surface area contributed by atoms with Crippen LogP contribution in [0.2, 0.25) is 0 Å². The lowest BCUT2D eigenvalue weighted by Crippen LogP contribution is -1.96. The molecule has 0 aromatic heterocycles. The van der Waals surface area contributed by atoms with E-state index in [1.54, 1.807) is 6.92 Å². The largest absolute Gasteiger partial charge is 0.512 e. The Kier molecular flexibility index (Phi) is 1.69. The first kappa shape index (κ1) is 8.05. The van der Waals surface area contributed by atoms with Crippen molar-refractivity contribution in [2.24, 2.45) is 0 Å². The van der Waals surface area contributed by atoms with E-state index in [1.807, 2.05) is 24.3 Å². The van der Waals surface area contributed by atoms with Crippen LogP contribution < -0.4 is 0 Å². The molecule has 1 aliphatic carbocycles. The van der Waals surface area contributed by atoms with Crippen molar-refractivity contribution in [1.29, 1.82) is 0 Å². The van der Waals surface area contributed by atoms with E-state index >= 15 is 0 Å². The maximum absolute atomic E-state index is 11.5. The molecule has 1 N–H and O–H groups in total. The van der Waals surface area contributed by atoms with Crippen molar-refractivity contribution in [3.05, 3.63) is 41.2 Å². The van der Waals surface area contributed by atoms with Crippen LogP contribution in [0.25, 0.3) is 5.57 Å². The number of carbonyl (C=O) groups excluding carboxylic acids is 1. The fraction of sp³-hybridized carbons (Fsp3) is 0.182. The van der Waals surface area contributed by atoms with E-state index in [-0.39, 0.29) is 11.5 Å². The number of hydrogen-bond donors (Lipinski definition) is 1. The van der Waals surface area contributed by atoms with Gasteiger partial charge in [-0.3, -0.25) is 4.79 Å². The first-order valence-corrected chi connectivity index (χ1v) is 4.21. The molecule has 1 aromatic rings. The van der Waals surface area contributed by atoms with Gasteiger partial charge in [-0.15, -0.1) is 0 Å². The molecule has 0 fully saturated rings. The lowest BCUT2D eigenvalue weighted by molar-refractivity contribution is -0.112. The molecule has 0 unspecified atom stereocenters. The fourth-order valence-electron chi connectivity index (χ4n) is 1.73. The Morgan fingerprint density at radius 2 is 2.08 bits per heavy atom. The van der Waals surface area contributed by atoms with Crippen molar-refractivity contribution in [2.45, 2.75) is 13.3 Å². The van der Waals surface area contributed by atoms with Crippen LogP contribution in [-0.4, -0.2) is 10.9 Å². The second-order valence-corrected chi connectivity index (χ2v) is 3.22. The third-order valence-corrected chi connectivity index (χ3v) is 2.28. The smallest absolute Gasteiger partial charge is 0.171 e. The number of hydrogen-bond acceptors (Lipinski definition) is 2. The molecule has 0 radical (unpaired) electrons. The molecule has 66 valence electrons. The monoisotopic (exact) mass is 174 g/mol. The van der Waals surface area contributed by atoms with Gasteiger partial charge >= 0.3 is 0 Å². The van der Waals surface area contributed by atoms with Crippen LogP contribution >= 0.6 is 0 Å². The van der Waals surface area contributed by atoms with Gasteiger partial charge in [0.1, 0.15) is 5.76 Å². The molecular weight excluding hydrogens is 164 g/mol. The molecule has 0 saturated carbocycles. The molecular formula is C11H10O2. The van der Waals surface area contributed by atoms with Gasteiger partial charge in [0, 0.05) is 6.42 Å². The van der Waals surface area contributed by atoms with Gasteiger partial charge in [-0.2, -0.15) is 0 Å². The van der Waals surface area contributed by atoms with Gasteiger partial charge in [0.25, 0.3) is 0 Å². The van der Waals surface area contributed by atoms with E-state index in [0.29, 0.717) is 12.0 Å². The zero-order valence-corrected chi connectivity index (χ0v) is 7.37. The van der Waals surface area contributed by atoms with Gasteiger partial charge in [0.05, 0.1) is 5.57 Å². The number of aliphatic hydroxyl groups is 1. The summed E-state index contributed by atoms with van der Waals surface area (Å²) in [5.74, 6) is 0.135. The third-order valence-electron chi connectivity index (χ3n) is 2.28. The average Bonchev–Trinajstić information content (AvgIpc) is 2.39. The second-order valence-electron chi connectivity index (χ2n) is 3.22. The molecule has 0 atom stereocenters. The molecule has 0 spiro atoms. The Morgan fingerprint density at radius 1 is 1.38 bits per heavy atom. The predicted molar refractivity (Wildman–Crippen MR) is 50.4 cm³/mol. The highest BCUT2D eigenvalue weighted by atomic mass is 16.3. The SMILES string of the molecule is C/C(O)=C1\C(=O)Cc2ccccc21. The zero-order chi connectivity index (χ0) is 9.42. The van der Waals surface area contributed by atoms with Crippen LogP contribution in [0.15, 0.2) is 30.0 Å². The van der Waals surface area contributed by atoms with Gasteiger partial charge in [-0.05, 0) is 18.1 Å². The van der Waals surface area contributed by atoms with Crippen molar-refractivity contribution in [3.63, 3.8) is 0 Å². The molecule has 13 heavy (non-hydrogen) atoms. The summed E-state index contributed by atoms with van der Waals surface area (Å²) in [6.07, 6.45) is 0.420. The second kappa shape index (κ2) is 2.73. The average molecular weight is 174 g/mol. The Hall–Kier alpha value is -1.57. The summed E-state index contributed by atoms with van der Waals surface area (Å²) >= 11 is 0. The molecule has 0 saturated heterocycles. The molecule has 1 aliphatic rings. The molecule has 2 nitrogen and oxygen atoms in total. The van der Waals surface area contributed by atoms with Crippen molar-refractivity contribution >= 4 is 11.4 Å². The summed E-state index contributed by atoms with van der Waals surface area (Å²) < 4.78 is 0. The number of rotatable bonds is 0. The normalized spacial score (nSPS) is 18.7. The Labute approximate surface area is 76.5 Å². The lowest BCUT2D eigenvalue weighted by Gasteiger charge is -1.99. The van der Waals surface area contributed by atoms with Gasteiger partial charge < -0.3 is 5.11 Å². The van der Waals surface area contributed by atoms with Crippen molar-refractivity contribution in [1.82, 2.24) is 0 Å². The standard InChI is InChI=1S/C11H10O2/c1-7(12)11-9-5-3-2-4-8(9)6-10(11)13/h2-5,12H,6H2,1H3/b11-7+. The van der Waals surface area contributed by atoms with Crippen LogP contribution in [0.4, 0.5) is 0 Å². The summed E-state index contributed by atoms with van der Waals surface area (Å²) in [5, 5.41) is 9.33. The molecule has 2 heteroatoms. The number of fused-ring (bicyclic) bond motifs is 1. The van der Waals surface area contributed by atoms with Gasteiger partial charge in [0.2, 0.25) is 0 Å². The number of benzene rings is 1. The van der Waals surface area contributed by atoms with E-state index in [2.05, 4.69) is 0 Å². The van der Waals surface area contributed by atoms with Gasteiger partial charge in [-0.25, -0.2) is 0 Å². The summed E-state index contributed by atoms with van der Waals surface area (Å²) in [5.41, 5.74) is 2.37. The number of aliphatic hydroxyl groups excluding tert-OH is 1. The molecule has 0 heterocycles. The Morgan fingerprint density at radius 3 is 2.77 bits per heavy atom. The highest BCUT2D eigenvalue weighted by Crippen LogP contribution is 2.30. The first-order chi connectivity index (χ1) is 6.20. The van der Waals surface area contributed by atoms with Crippen molar-refractivity contribution in [2.75, 3.05) is 0 Å². The summed E-state index contributed by atoms with van der Waals surface area (Å²) in [6.45, 7) is 1.55. The topological polar surface area (TPSA) is 37.3 Å². The number of Topliss-reactive ketones (excluding diaryl/α,β-unsaturated/α-hetero) is 1. The van der Waals surface area contributed by atoms with E-state index < -0.39 is 0 Å². The molecule has 0 amide bonds. The van der Waals surface area contributed by atoms with E-state index in [4.69, 9.17) is 0 Å². The molecule has 0 aliphatic heterocycles. The Bertz CT molecular complexity index is 398. The van der Waals surface area contributed by atoms with Crippen LogP contribution in [0.1, 0.15) is 18.1 Å². The zero-order valence-electron chi connectivity index (χ0n) is 7.37. The van der Waals surface area contributed by atoms with Gasteiger partial charge in [0.15, 0.2) is 5.78 Å². The maximum atomic E-state index is 11.5. The highest BCUT2D eigenvalue weighted by molar-refractivity contribution is 6.25. The van der Waals surface area contributed by atoms with Crippen LogP contribution in [-0.2, 0) is 11.2 Å². The summed E-state index contributed by atoms with van der Waals surface area (Å²) in [4.78, 5) is 11.5. The Balaban J connectivity index is 2.67. The maximum Gasteiger partial charge on any atom is 0.171 e. The molecule has 0 bridgehead atoms. The minimum atomic E-state index is 0.0150. The number of ketones is 1. The molecule has 1 aromatic carbocycles. The minimum Gasteiger partial charge on any atom is -0.512 e. The minimum absolute atomic E-state index is 0.0150. The number of carbonyl (C=O) groups is 1. The van der Waals surface area contributed by atoms with Crippen molar-refractivity contribution in [3.8, 4) is 0 Å². The van der Waals surface area contributed by atoms with E-state index in [9.17, 15) is 9.90 Å². The fourth-order valence-corrected chi connectivity index (χ4v) is 1.73. The summed E-state index contributed by atoms with van der Waals surface area (Å²) in [7, 11) is 0. The third kappa shape index (κ3) is 1.15. The van der Waals surface area contributed by atoms with E-state index in [0.717, 1.165) is 11.1 Å². The van der Waals surface area contributed by atoms with E-state index in [1.165, 1.54) is 0 Å². The van der Waals surface area contributed by atoms with Crippen LogP contribution in [0.3, 0.4) is 0 Å². The number of allylic oxidation sites excluding steroid dienone is 2. The molecule has 2 rings (SSSR count). The highest BCUT2D eigenvalue weighted by Gasteiger charge is 2.25.